The smallest absolute Gasteiger partial charge is 0.195 e. The number of benzene rings is 1. The van der Waals surface area contributed by atoms with Crippen LogP contribution in [0.4, 0.5) is 5.69 Å². The molecule has 0 spiro atoms. The molecule has 1 fully saturated rings. The zero-order valence-corrected chi connectivity index (χ0v) is 16.9. The van der Waals surface area contributed by atoms with Gasteiger partial charge in [-0.3, -0.25) is 4.99 Å². The maximum atomic E-state index is 5.74. The minimum Gasteiger partial charge on any atom is -0.490 e. The Labute approximate surface area is 161 Å². The molecule has 24 heavy (non-hydrogen) atoms. The van der Waals surface area contributed by atoms with Crippen molar-refractivity contribution in [1.29, 1.82) is 0 Å². The number of guanidine groups is 1. The number of halogens is 1. The second-order valence-corrected chi connectivity index (χ2v) is 6.78. The van der Waals surface area contributed by atoms with Gasteiger partial charge in [0.25, 0.3) is 0 Å². The number of aliphatic imine (C=N–C) groups is 1. The first-order valence-electron chi connectivity index (χ1n) is 8.56. The lowest BCUT2D eigenvalue weighted by Gasteiger charge is -2.25. The van der Waals surface area contributed by atoms with E-state index in [1.807, 2.05) is 18.2 Å². The van der Waals surface area contributed by atoms with Crippen molar-refractivity contribution in [2.24, 2.45) is 10.4 Å². The largest absolute Gasteiger partial charge is 0.490 e. The summed E-state index contributed by atoms with van der Waals surface area (Å²) in [7, 11) is 1.80. The van der Waals surface area contributed by atoms with Crippen molar-refractivity contribution in [1.82, 2.24) is 5.32 Å². The van der Waals surface area contributed by atoms with Crippen LogP contribution in [0.5, 0.6) is 11.5 Å². The Morgan fingerprint density at radius 2 is 1.83 bits per heavy atom. The summed E-state index contributed by atoms with van der Waals surface area (Å²) in [5.41, 5.74) is 1.35. The van der Waals surface area contributed by atoms with Crippen molar-refractivity contribution in [3.05, 3.63) is 18.2 Å². The lowest BCUT2D eigenvalue weighted by atomic mass is 9.89. The highest BCUT2D eigenvalue weighted by molar-refractivity contribution is 14.0. The average molecular weight is 445 g/mol. The number of rotatable bonds is 3. The summed E-state index contributed by atoms with van der Waals surface area (Å²) < 4.78 is 11.4. The first-order chi connectivity index (χ1) is 11.2. The molecule has 1 heterocycles. The van der Waals surface area contributed by atoms with Crippen molar-refractivity contribution in [2.75, 3.05) is 32.1 Å². The van der Waals surface area contributed by atoms with Gasteiger partial charge in [-0.25, -0.2) is 0 Å². The molecule has 1 aromatic carbocycles. The predicted octanol–water partition coefficient (Wildman–Crippen LogP) is 4.03. The van der Waals surface area contributed by atoms with Gasteiger partial charge in [0.05, 0.1) is 13.2 Å². The number of ether oxygens (including phenoxy) is 2. The second-order valence-electron chi connectivity index (χ2n) is 6.78. The fourth-order valence-corrected chi connectivity index (χ4v) is 3.26. The molecule has 2 N–H and O–H groups in total. The minimum absolute atomic E-state index is 0. The zero-order valence-electron chi connectivity index (χ0n) is 14.6. The van der Waals surface area contributed by atoms with E-state index in [9.17, 15) is 0 Å². The number of fused-ring (bicyclic) bond motifs is 1. The van der Waals surface area contributed by atoms with Gasteiger partial charge in [0, 0.05) is 31.8 Å². The molecular formula is C18H28IN3O2. The van der Waals surface area contributed by atoms with Gasteiger partial charge >= 0.3 is 0 Å². The van der Waals surface area contributed by atoms with E-state index in [4.69, 9.17) is 9.47 Å². The molecule has 0 bridgehead atoms. The standard InChI is InChI=1S/C18H27N3O2.HI/c1-18(8-3-4-9-18)13-20-17(19-2)21-14-6-7-15-16(12-14)23-11-5-10-22-15;/h6-7,12H,3-5,8-11,13H2,1-2H3,(H2,19,20,21);1H. The number of hydrogen-bond acceptors (Lipinski definition) is 3. The third-order valence-electron chi connectivity index (χ3n) is 4.73. The number of hydrogen-bond donors (Lipinski definition) is 2. The molecule has 0 radical (unpaired) electrons. The quantitative estimate of drug-likeness (QED) is 0.419. The van der Waals surface area contributed by atoms with Gasteiger partial charge in [0.1, 0.15) is 0 Å². The molecule has 1 aromatic rings. The number of nitrogens with one attached hydrogen (secondary N) is 2. The number of anilines is 1. The third-order valence-corrected chi connectivity index (χ3v) is 4.73. The molecule has 1 aliphatic heterocycles. The van der Waals surface area contributed by atoms with Gasteiger partial charge in [-0.1, -0.05) is 19.8 Å². The van der Waals surface area contributed by atoms with E-state index in [0.717, 1.165) is 36.1 Å². The van der Waals surface area contributed by atoms with Crippen molar-refractivity contribution >= 4 is 35.6 Å². The molecule has 134 valence electrons. The van der Waals surface area contributed by atoms with Gasteiger partial charge in [-0.15, -0.1) is 24.0 Å². The Morgan fingerprint density at radius 3 is 2.54 bits per heavy atom. The summed E-state index contributed by atoms with van der Waals surface area (Å²) in [4.78, 5) is 4.33. The van der Waals surface area contributed by atoms with Crippen LogP contribution in [0.15, 0.2) is 23.2 Å². The second kappa shape index (κ2) is 8.78. The average Bonchev–Trinajstić information content (AvgIpc) is 2.86. The summed E-state index contributed by atoms with van der Waals surface area (Å²) in [5, 5.41) is 6.80. The van der Waals surface area contributed by atoms with E-state index in [-0.39, 0.29) is 24.0 Å². The summed E-state index contributed by atoms with van der Waals surface area (Å²) in [6.45, 7) is 4.72. The van der Waals surface area contributed by atoms with Crippen LogP contribution in [-0.4, -0.2) is 32.8 Å². The van der Waals surface area contributed by atoms with Crippen molar-refractivity contribution in [3.63, 3.8) is 0 Å². The Kier molecular flexibility index (Phi) is 7.01. The van der Waals surface area contributed by atoms with Gasteiger partial charge in [0.15, 0.2) is 17.5 Å². The van der Waals surface area contributed by atoms with Gasteiger partial charge < -0.3 is 20.1 Å². The highest BCUT2D eigenvalue weighted by Crippen LogP contribution is 2.36. The minimum atomic E-state index is 0. The molecule has 0 unspecified atom stereocenters. The summed E-state index contributed by atoms with van der Waals surface area (Å²) >= 11 is 0. The topological polar surface area (TPSA) is 54.9 Å². The lowest BCUT2D eigenvalue weighted by molar-refractivity contribution is 0.297. The molecule has 1 saturated carbocycles. The summed E-state index contributed by atoms with van der Waals surface area (Å²) in [6, 6.07) is 5.93. The van der Waals surface area contributed by atoms with Crippen molar-refractivity contribution < 1.29 is 9.47 Å². The van der Waals surface area contributed by atoms with Gasteiger partial charge in [0.2, 0.25) is 0 Å². The molecule has 0 amide bonds. The van der Waals surface area contributed by atoms with Crippen LogP contribution in [0, 0.1) is 5.41 Å². The predicted molar refractivity (Wildman–Crippen MR) is 109 cm³/mol. The van der Waals surface area contributed by atoms with Crippen molar-refractivity contribution in [3.8, 4) is 11.5 Å². The van der Waals surface area contributed by atoms with Crippen LogP contribution in [0.3, 0.4) is 0 Å². The van der Waals surface area contributed by atoms with E-state index in [1.54, 1.807) is 7.05 Å². The van der Waals surface area contributed by atoms with Crippen LogP contribution in [0.2, 0.25) is 0 Å². The van der Waals surface area contributed by atoms with Crippen LogP contribution < -0.4 is 20.1 Å². The van der Waals surface area contributed by atoms with E-state index in [0.29, 0.717) is 18.6 Å². The first-order valence-corrected chi connectivity index (χ1v) is 8.56. The molecular weight excluding hydrogens is 417 g/mol. The molecule has 0 atom stereocenters. The molecule has 3 rings (SSSR count). The normalized spacial score (nSPS) is 19.2. The Balaban J connectivity index is 0.00000208. The molecule has 2 aliphatic rings. The maximum Gasteiger partial charge on any atom is 0.195 e. The van der Waals surface area contributed by atoms with E-state index < -0.39 is 0 Å². The monoisotopic (exact) mass is 445 g/mol. The molecule has 0 saturated heterocycles. The first kappa shape index (κ1) is 19.1. The van der Waals surface area contributed by atoms with E-state index in [2.05, 4.69) is 22.5 Å². The number of nitrogens with zero attached hydrogens (tertiary/aromatic N) is 1. The highest BCUT2D eigenvalue weighted by atomic mass is 127. The zero-order chi connectivity index (χ0) is 16.1. The molecule has 5 nitrogen and oxygen atoms in total. The van der Waals surface area contributed by atoms with Crippen LogP contribution in [0.1, 0.15) is 39.0 Å². The molecule has 6 heteroatoms. The SMILES string of the molecule is CN=C(NCC1(C)CCCC1)Nc1ccc2c(c1)OCCCO2.I. The highest BCUT2D eigenvalue weighted by Gasteiger charge is 2.28. The fraction of sp³-hybridized carbons (Fsp3) is 0.611. The van der Waals surface area contributed by atoms with E-state index >= 15 is 0 Å². The maximum absolute atomic E-state index is 5.74. The van der Waals surface area contributed by atoms with Crippen LogP contribution in [0.25, 0.3) is 0 Å². The molecule has 0 aromatic heterocycles. The Morgan fingerprint density at radius 1 is 1.12 bits per heavy atom. The lowest BCUT2D eigenvalue weighted by Crippen LogP contribution is -2.38. The van der Waals surface area contributed by atoms with Crippen LogP contribution in [-0.2, 0) is 0 Å². The fourth-order valence-electron chi connectivity index (χ4n) is 3.26. The van der Waals surface area contributed by atoms with Gasteiger partial charge in [-0.2, -0.15) is 0 Å². The Hall–Kier alpha value is -1.18. The summed E-state index contributed by atoms with van der Waals surface area (Å²) in [6.07, 6.45) is 6.18. The summed E-state index contributed by atoms with van der Waals surface area (Å²) in [5.74, 6) is 2.41. The third kappa shape index (κ3) is 4.91. The van der Waals surface area contributed by atoms with Crippen molar-refractivity contribution in [2.45, 2.75) is 39.0 Å². The van der Waals surface area contributed by atoms with Crippen LogP contribution >= 0.6 is 24.0 Å². The Bertz CT molecular complexity index is 571. The van der Waals surface area contributed by atoms with E-state index in [1.165, 1.54) is 25.7 Å². The molecule has 1 aliphatic carbocycles. The van der Waals surface area contributed by atoms with Gasteiger partial charge in [-0.05, 0) is 30.4 Å².